The van der Waals surface area contributed by atoms with E-state index in [1.165, 1.54) is 0 Å². The van der Waals surface area contributed by atoms with Crippen molar-refractivity contribution in [2.45, 2.75) is 0 Å². The zero-order valence-corrected chi connectivity index (χ0v) is 10.6. The Balaban J connectivity index is 1.90. The molecule has 0 fully saturated rings. The summed E-state index contributed by atoms with van der Waals surface area (Å²) in [7, 11) is 0. The Morgan fingerprint density at radius 3 is 2.60 bits per heavy atom. The molecule has 0 aliphatic carbocycles. The SMILES string of the molecule is O=C(Nc1cccnc1-n1cccn1)c1ccccc1. The molecule has 98 valence electrons. The number of amides is 1. The van der Waals surface area contributed by atoms with E-state index >= 15 is 0 Å². The molecule has 2 heterocycles. The van der Waals surface area contributed by atoms with Crippen molar-refractivity contribution in [1.29, 1.82) is 0 Å². The van der Waals surface area contributed by atoms with Gasteiger partial charge in [0.25, 0.3) is 5.91 Å². The fraction of sp³-hybridized carbons (Fsp3) is 0. The Labute approximate surface area is 115 Å². The smallest absolute Gasteiger partial charge is 0.255 e. The number of carbonyl (C=O) groups is 1. The zero-order valence-electron chi connectivity index (χ0n) is 10.6. The molecule has 5 nitrogen and oxygen atoms in total. The van der Waals surface area contributed by atoms with Gasteiger partial charge in [-0.1, -0.05) is 18.2 Å². The van der Waals surface area contributed by atoms with E-state index in [2.05, 4.69) is 15.4 Å². The Hall–Kier alpha value is -2.95. The quantitative estimate of drug-likeness (QED) is 0.790. The van der Waals surface area contributed by atoms with Gasteiger partial charge in [0.15, 0.2) is 5.82 Å². The standard InChI is InChI=1S/C15H12N4O/c20-15(12-6-2-1-3-7-12)18-13-8-4-9-16-14(13)19-11-5-10-17-19/h1-11H,(H,18,20). The first-order valence-corrected chi connectivity index (χ1v) is 6.16. The van der Waals surface area contributed by atoms with E-state index in [-0.39, 0.29) is 5.91 Å². The van der Waals surface area contributed by atoms with Crippen LogP contribution < -0.4 is 5.32 Å². The van der Waals surface area contributed by atoms with Gasteiger partial charge in [-0.3, -0.25) is 4.79 Å². The molecular formula is C15H12N4O. The van der Waals surface area contributed by atoms with E-state index in [0.29, 0.717) is 17.1 Å². The molecule has 1 aromatic carbocycles. The van der Waals surface area contributed by atoms with Crippen molar-refractivity contribution in [2.24, 2.45) is 0 Å². The fourth-order valence-electron chi connectivity index (χ4n) is 1.86. The van der Waals surface area contributed by atoms with Crippen molar-refractivity contribution in [3.05, 3.63) is 72.7 Å². The predicted molar refractivity (Wildman–Crippen MR) is 75.8 cm³/mol. The summed E-state index contributed by atoms with van der Waals surface area (Å²) in [5.41, 5.74) is 1.22. The molecule has 1 amide bonds. The molecule has 0 bridgehead atoms. The average Bonchev–Trinajstić information content (AvgIpc) is 3.03. The number of hydrogen-bond acceptors (Lipinski definition) is 3. The first-order chi connectivity index (χ1) is 9.84. The number of nitrogens with one attached hydrogen (secondary N) is 1. The summed E-state index contributed by atoms with van der Waals surface area (Å²) in [5.74, 6) is 0.411. The highest BCUT2D eigenvalue weighted by Crippen LogP contribution is 2.17. The van der Waals surface area contributed by atoms with Crippen molar-refractivity contribution in [3.63, 3.8) is 0 Å². The number of anilines is 1. The first-order valence-electron chi connectivity index (χ1n) is 6.16. The Kier molecular flexibility index (Phi) is 3.24. The van der Waals surface area contributed by atoms with E-state index in [1.807, 2.05) is 18.2 Å². The van der Waals surface area contributed by atoms with Crippen molar-refractivity contribution in [2.75, 3.05) is 5.32 Å². The minimum Gasteiger partial charge on any atom is -0.319 e. The number of pyridine rings is 1. The lowest BCUT2D eigenvalue weighted by atomic mass is 10.2. The first kappa shape index (κ1) is 12.1. The van der Waals surface area contributed by atoms with Gasteiger partial charge >= 0.3 is 0 Å². The fourth-order valence-corrected chi connectivity index (χ4v) is 1.86. The van der Waals surface area contributed by atoms with Crippen LogP contribution in [0.1, 0.15) is 10.4 Å². The second-order valence-corrected chi connectivity index (χ2v) is 4.15. The van der Waals surface area contributed by atoms with Crippen LogP contribution in [-0.2, 0) is 0 Å². The van der Waals surface area contributed by atoms with Crippen LogP contribution in [0.5, 0.6) is 0 Å². The number of hydrogen-bond donors (Lipinski definition) is 1. The molecule has 0 saturated heterocycles. The van der Waals surface area contributed by atoms with Crippen LogP contribution in [-0.4, -0.2) is 20.7 Å². The van der Waals surface area contributed by atoms with E-state index in [0.717, 1.165) is 0 Å². The number of carbonyl (C=O) groups excluding carboxylic acids is 1. The molecule has 2 aromatic heterocycles. The summed E-state index contributed by atoms with van der Waals surface area (Å²) in [6, 6.07) is 14.4. The highest BCUT2D eigenvalue weighted by atomic mass is 16.1. The van der Waals surface area contributed by atoms with Crippen LogP contribution in [0.25, 0.3) is 5.82 Å². The summed E-state index contributed by atoms with van der Waals surface area (Å²) in [6.07, 6.45) is 5.10. The summed E-state index contributed by atoms with van der Waals surface area (Å²) >= 11 is 0. The molecule has 20 heavy (non-hydrogen) atoms. The predicted octanol–water partition coefficient (Wildman–Crippen LogP) is 2.52. The number of aromatic nitrogens is 3. The second kappa shape index (κ2) is 5.36. The molecule has 0 aliphatic rings. The maximum atomic E-state index is 12.2. The topological polar surface area (TPSA) is 59.8 Å². The molecule has 3 rings (SSSR count). The third-order valence-corrected chi connectivity index (χ3v) is 2.79. The molecule has 0 saturated carbocycles. The van der Waals surface area contributed by atoms with Crippen LogP contribution in [0.4, 0.5) is 5.69 Å². The maximum absolute atomic E-state index is 12.2. The molecule has 0 spiro atoms. The third kappa shape index (κ3) is 2.42. The Morgan fingerprint density at radius 2 is 1.85 bits per heavy atom. The molecule has 0 atom stereocenters. The van der Waals surface area contributed by atoms with Crippen molar-refractivity contribution < 1.29 is 4.79 Å². The van der Waals surface area contributed by atoms with Crippen LogP contribution in [0, 0.1) is 0 Å². The molecular weight excluding hydrogens is 252 g/mol. The molecule has 0 radical (unpaired) electrons. The summed E-state index contributed by atoms with van der Waals surface area (Å²) < 4.78 is 1.61. The van der Waals surface area contributed by atoms with Gasteiger partial charge < -0.3 is 5.32 Å². The van der Waals surface area contributed by atoms with Crippen LogP contribution in [0.2, 0.25) is 0 Å². The van der Waals surface area contributed by atoms with Crippen LogP contribution >= 0.6 is 0 Å². The van der Waals surface area contributed by atoms with E-state index in [4.69, 9.17) is 0 Å². The highest BCUT2D eigenvalue weighted by molar-refractivity contribution is 6.05. The lowest BCUT2D eigenvalue weighted by Crippen LogP contribution is -2.14. The van der Waals surface area contributed by atoms with Gasteiger partial charge in [-0.05, 0) is 30.3 Å². The molecule has 0 unspecified atom stereocenters. The van der Waals surface area contributed by atoms with Gasteiger partial charge in [0.1, 0.15) is 0 Å². The van der Waals surface area contributed by atoms with Gasteiger partial charge in [-0.2, -0.15) is 5.10 Å². The molecule has 3 aromatic rings. The normalized spacial score (nSPS) is 10.2. The number of nitrogens with zero attached hydrogens (tertiary/aromatic N) is 3. The Morgan fingerprint density at radius 1 is 1.00 bits per heavy atom. The van der Waals surface area contributed by atoms with Gasteiger partial charge in [-0.15, -0.1) is 0 Å². The zero-order chi connectivity index (χ0) is 13.8. The maximum Gasteiger partial charge on any atom is 0.255 e. The number of benzene rings is 1. The minimum atomic E-state index is -0.174. The van der Waals surface area contributed by atoms with Gasteiger partial charge in [0.2, 0.25) is 0 Å². The summed E-state index contributed by atoms with van der Waals surface area (Å²) in [6.45, 7) is 0. The van der Waals surface area contributed by atoms with Crippen molar-refractivity contribution >= 4 is 11.6 Å². The van der Waals surface area contributed by atoms with Crippen molar-refractivity contribution in [3.8, 4) is 5.82 Å². The highest BCUT2D eigenvalue weighted by Gasteiger charge is 2.10. The van der Waals surface area contributed by atoms with Crippen molar-refractivity contribution in [1.82, 2.24) is 14.8 Å². The monoisotopic (exact) mass is 264 g/mol. The number of rotatable bonds is 3. The largest absolute Gasteiger partial charge is 0.319 e. The molecule has 0 aliphatic heterocycles. The lowest BCUT2D eigenvalue weighted by molar-refractivity contribution is 0.102. The minimum absolute atomic E-state index is 0.174. The van der Waals surface area contributed by atoms with Gasteiger partial charge in [0.05, 0.1) is 5.69 Å². The summed E-state index contributed by atoms with van der Waals surface area (Å²) in [5, 5.41) is 6.98. The van der Waals surface area contributed by atoms with E-state index in [1.54, 1.807) is 53.6 Å². The third-order valence-electron chi connectivity index (χ3n) is 2.79. The lowest BCUT2D eigenvalue weighted by Gasteiger charge is -2.09. The van der Waals surface area contributed by atoms with Gasteiger partial charge in [-0.25, -0.2) is 9.67 Å². The van der Waals surface area contributed by atoms with Crippen LogP contribution in [0.3, 0.4) is 0 Å². The summed E-state index contributed by atoms with van der Waals surface area (Å²) in [4.78, 5) is 16.4. The Bertz CT molecular complexity index is 708. The van der Waals surface area contributed by atoms with E-state index in [9.17, 15) is 4.79 Å². The van der Waals surface area contributed by atoms with Gasteiger partial charge in [0, 0.05) is 24.2 Å². The average molecular weight is 264 g/mol. The molecule has 1 N–H and O–H groups in total. The van der Waals surface area contributed by atoms with E-state index < -0.39 is 0 Å². The van der Waals surface area contributed by atoms with Crippen LogP contribution in [0.15, 0.2) is 67.1 Å². The molecule has 5 heteroatoms. The second-order valence-electron chi connectivity index (χ2n) is 4.15.